The van der Waals surface area contributed by atoms with Gasteiger partial charge >= 0.3 is 0 Å². The average molecular weight is 566 g/mol. The first-order valence-electron chi connectivity index (χ1n) is 9.86. The molecule has 160 valence electrons. The first kappa shape index (κ1) is 25.7. The zero-order valence-corrected chi connectivity index (χ0v) is 21.9. The fourth-order valence-electron chi connectivity index (χ4n) is 3.71. The minimum atomic E-state index is 0. The zero-order valence-electron chi connectivity index (χ0n) is 18.0. The normalized spacial score (nSPS) is 16.8. The molecule has 1 saturated heterocycles. The van der Waals surface area contributed by atoms with Crippen molar-refractivity contribution < 1.29 is 0 Å². The van der Waals surface area contributed by atoms with Gasteiger partial charge in [-0.15, -0.1) is 24.0 Å². The van der Waals surface area contributed by atoms with E-state index >= 15 is 0 Å². The maximum Gasteiger partial charge on any atom is 0.191 e. The Bertz CT molecular complexity index is 595. The second kappa shape index (κ2) is 12.3. The van der Waals surface area contributed by atoms with Crippen LogP contribution in [0.2, 0.25) is 0 Å². The molecule has 0 radical (unpaired) electrons. The number of halogens is 2. The van der Waals surface area contributed by atoms with Gasteiger partial charge in [0.15, 0.2) is 5.96 Å². The predicted octanol–water partition coefficient (Wildman–Crippen LogP) is 3.78. The molecule has 0 atom stereocenters. The van der Waals surface area contributed by atoms with Gasteiger partial charge in [0.2, 0.25) is 0 Å². The lowest BCUT2D eigenvalue weighted by molar-refractivity contribution is 0.198. The maximum atomic E-state index is 4.42. The number of rotatable bonds is 7. The van der Waals surface area contributed by atoms with Crippen LogP contribution in [0.1, 0.15) is 32.3 Å². The number of hydrogen-bond acceptors (Lipinski definition) is 3. The molecule has 0 saturated carbocycles. The Balaban J connectivity index is 0.00000392. The summed E-state index contributed by atoms with van der Waals surface area (Å²) in [6, 6.07) is 9.15. The van der Waals surface area contributed by atoms with E-state index in [-0.39, 0.29) is 29.4 Å². The molecule has 1 aliphatic rings. The SMILES string of the molecule is CN=C(NCC(C)(C)CN(C)C)NC1CCN(Cc2ccc(Br)cc2)CC1.I. The Labute approximate surface area is 196 Å². The summed E-state index contributed by atoms with van der Waals surface area (Å²) in [5.41, 5.74) is 1.58. The molecule has 0 aromatic heterocycles. The standard InChI is InChI=1S/C21H36BrN5.HI/c1-21(2,16-26(4)5)15-24-20(23-3)25-19-10-12-27(13-11-19)14-17-6-8-18(22)9-7-17;/h6-9,19H,10-16H2,1-5H3,(H2,23,24,25);1H. The summed E-state index contributed by atoms with van der Waals surface area (Å²) in [4.78, 5) is 9.20. The number of benzene rings is 1. The van der Waals surface area contributed by atoms with Crippen molar-refractivity contribution in [2.45, 2.75) is 39.3 Å². The lowest BCUT2D eigenvalue weighted by Gasteiger charge is -2.34. The molecule has 0 spiro atoms. The zero-order chi connectivity index (χ0) is 19.9. The first-order chi connectivity index (χ1) is 12.8. The predicted molar refractivity (Wildman–Crippen MR) is 135 cm³/mol. The molecule has 1 aromatic rings. The summed E-state index contributed by atoms with van der Waals surface area (Å²) in [7, 11) is 6.10. The van der Waals surface area contributed by atoms with Gasteiger partial charge in [0, 0.05) is 50.3 Å². The second-order valence-electron chi connectivity index (χ2n) is 8.65. The van der Waals surface area contributed by atoms with Crippen LogP contribution < -0.4 is 10.6 Å². The largest absolute Gasteiger partial charge is 0.356 e. The fourth-order valence-corrected chi connectivity index (χ4v) is 3.97. The van der Waals surface area contributed by atoms with Crippen LogP contribution in [-0.2, 0) is 6.54 Å². The number of nitrogens with one attached hydrogen (secondary N) is 2. The molecule has 1 aliphatic heterocycles. The van der Waals surface area contributed by atoms with Gasteiger partial charge in [0.05, 0.1) is 0 Å². The molecule has 0 amide bonds. The van der Waals surface area contributed by atoms with Crippen LogP contribution in [0, 0.1) is 5.41 Å². The van der Waals surface area contributed by atoms with Gasteiger partial charge in [-0.1, -0.05) is 41.9 Å². The summed E-state index contributed by atoms with van der Waals surface area (Å²) in [6.07, 6.45) is 2.30. The molecule has 7 heteroatoms. The Morgan fingerprint density at radius 2 is 1.82 bits per heavy atom. The van der Waals surface area contributed by atoms with Crippen molar-refractivity contribution in [1.29, 1.82) is 0 Å². The van der Waals surface area contributed by atoms with Crippen molar-refractivity contribution in [3.63, 3.8) is 0 Å². The van der Waals surface area contributed by atoms with Crippen molar-refractivity contribution >= 4 is 45.9 Å². The monoisotopic (exact) mass is 565 g/mol. The van der Waals surface area contributed by atoms with Crippen LogP contribution >= 0.6 is 39.9 Å². The molecule has 5 nitrogen and oxygen atoms in total. The van der Waals surface area contributed by atoms with E-state index in [1.54, 1.807) is 0 Å². The van der Waals surface area contributed by atoms with Gasteiger partial charge in [0.25, 0.3) is 0 Å². The van der Waals surface area contributed by atoms with Crippen molar-refractivity contribution in [1.82, 2.24) is 20.4 Å². The van der Waals surface area contributed by atoms with E-state index in [2.05, 4.69) is 93.6 Å². The third-order valence-corrected chi connectivity index (χ3v) is 5.48. The Morgan fingerprint density at radius 3 is 2.36 bits per heavy atom. The number of likely N-dealkylation sites (tertiary alicyclic amines) is 1. The van der Waals surface area contributed by atoms with Crippen molar-refractivity contribution in [2.75, 3.05) is 47.3 Å². The van der Waals surface area contributed by atoms with Crippen molar-refractivity contribution in [3.8, 4) is 0 Å². The number of aliphatic imine (C=N–C) groups is 1. The lowest BCUT2D eigenvalue weighted by atomic mass is 9.93. The van der Waals surface area contributed by atoms with Crippen molar-refractivity contribution in [2.24, 2.45) is 10.4 Å². The number of guanidine groups is 1. The Kier molecular flexibility index (Phi) is 11.3. The summed E-state index contributed by atoms with van der Waals surface area (Å²) in [6.45, 7) is 9.81. The number of piperidine rings is 1. The highest BCUT2D eigenvalue weighted by atomic mass is 127. The molecule has 28 heavy (non-hydrogen) atoms. The topological polar surface area (TPSA) is 42.9 Å². The molecular weight excluding hydrogens is 529 g/mol. The third-order valence-electron chi connectivity index (χ3n) is 4.95. The summed E-state index contributed by atoms with van der Waals surface area (Å²) >= 11 is 3.50. The van der Waals surface area contributed by atoms with E-state index in [4.69, 9.17) is 0 Å². The molecule has 0 bridgehead atoms. The summed E-state index contributed by atoms with van der Waals surface area (Å²) < 4.78 is 1.14. The molecule has 0 unspecified atom stereocenters. The van der Waals surface area contributed by atoms with Crippen LogP contribution in [-0.4, -0.2) is 69.1 Å². The van der Waals surface area contributed by atoms with E-state index in [0.717, 1.165) is 56.0 Å². The quantitative estimate of drug-likeness (QED) is 0.300. The van der Waals surface area contributed by atoms with Gasteiger partial charge in [-0.3, -0.25) is 9.89 Å². The van der Waals surface area contributed by atoms with E-state index in [9.17, 15) is 0 Å². The smallest absolute Gasteiger partial charge is 0.191 e. The number of nitrogens with zero attached hydrogens (tertiary/aromatic N) is 3. The highest BCUT2D eigenvalue weighted by Crippen LogP contribution is 2.17. The van der Waals surface area contributed by atoms with Gasteiger partial charge in [-0.2, -0.15) is 0 Å². The average Bonchev–Trinajstić information content (AvgIpc) is 2.61. The van der Waals surface area contributed by atoms with Crippen LogP contribution in [0.25, 0.3) is 0 Å². The first-order valence-corrected chi connectivity index (χ1v) is 10.7. The van der Waals surface area contributed by atoms with E-state index < -0.39 is 0 Å². The van der Waals surface area contributed by atoms with E-state index in [1.807, 2.05) is 7.05 Å². The van der Waals surface area contributed by atoms with Gasteiger partial charge in [-0.05, 0) is 50.0 Å². The highest BCUT2D eigenvalue weighted by Gasteiger charge is 2.22. The molecule has 1 fully saturated rings. The van der Waals surface area contributed by atoms with Crippen LogP contribution in [0.4, 0.5) is 0 Å². The summed E-state index contributed by atoms with van der Waals surface area (Å²) in [5, 5.41) is 7.13. The fraction of sp³-hybridized carbons (Fsp3) is 0.667. The van der Waals surface area contributed by atoms with Crippen LogP contribution in [0.3, 0.4) is 0 Å². The van der Waals surface area contributed by atoms with E-state index in [0.29, 0.717) is 6.04 Å². The van der Waals surface area contributed by atoms with Gasteiger partial charge in [-0.25, -0.2) is 0 Å². The molecule has 1 aromatic carbocycles. The minimum absolute atomic E-state index is 0. The molecular formula is C21H37BrIN5. The lowest BCUT2D eigenvalue weighted by Crippen LogP contribution is -2.50. The van der Waals surface area contributed by atoms with E-state index in [1.165, 1.54) is 5.56 Å². The Morgan fingerprint density at radius 1 is 1.21 bits per heavy atom. The number of hydrogen-bond donors (Lipinski definition) is 2. The third kappa shape index (κ3) is 9.41. The Hall–Kier alpha value is -0.380. The minimum Gasteiger partial charge on any atom is -0.356 e. The summed E-state index contributed by atoms with van der Waals surface area (Å²) in [5.74, 6) is 0.924. The van der Waals surface area contributed by atoms with Gasteiger partial charge in [0.1, 0.15) is 0 Å². The van der Waals surface area contributed by atoms with Crippen LogP contribution in [0.5, 0.6) is 0 Å². The molecule has 1 heterocycles. The van der Waals surface area contributed by atoms with Crippen LogP contribution in [0.15, 0.2) is 33.7 Å². The van der Waals surface area contributed by atoms with Gasteiger partial charge < -0.3 is 15.5 Å². The molecule has 0 aliphatic carbocycles. The highest BCUT2D eigenvalue weighted by molar-refractivity contribution is 14.0. The van der Waals surface area contributed by atoms with Crippen molar-refractivity contribution in [3.05, 3.63) is 34.3 Å². The maximum absolute atomic E-state index is 4.42. The second-order valence-corrected chi connectivity index (χ2v) is 9.56. The molecule has 2 rings (SSSR count). The molecule has 2 N–H and O–H groups in total.